The summed E-state index contributed by atoms with van der Waals surface area (Å²) in [5, 5.41) is 15.3. The van der Waals surface area contributed by atoms with Crippen molar-refractivity contribution in [3.05, 3.63) is 187 Å². The van der Waals surface area contributed by atoms with Crippen molar-refractivity contribution in [3.63, 3.8) is 0 Å². The highest BCUT2D eigenvalue weighted by Crippen LogP contribution is 2.64. The molecule has 2 atom stereocenters. The molecule has 246 valence electrons. The lowest BCUT2D eigenvalue weighted by Crippen LogP contribution is -2.51. The number of carbonyl (C=O) groups excluding carboxylic acids is 2. The first-order valence-corrected chi connectivity index (χ1v) is 17.2. The molecule has 4 N–H and O–H groups in total. The van der Waals surface area contributed by atoms with Crippen LogP contribution in [0.25, 0.3) is 0 Å². The van der Waals surface area contributed by atoms with Gasteiger partial charge in [0.25, 0.3) is 11.8 Å². The lowest BCUT2D eigenvalue weighted by molar-refractivity contribution is 0.101. The minimum atomic E-state index is -0.836. The fourth-order valence-electron chi connectivity index (χ4n) is 7.24. The third-order valence-corrected chi connectivity index (χ3v) is 10.4. The number of anilines is 4. The van der Waals surface area contributed by atoms with Crippen LogP contribution >= 0.6 is 46.4 Å². The number of hydrogen-bond donors (Lipinski definition) is 4. The first kappa shape index (κ1) is 32.2. The number of carbonyl (C=O) groups is 2. The molecule has 0 radical (unpaired) electrons. The standard InChI is InChI=1S/C40H26Cl4N4O2/c41-25-11-15-29(33(43)19-25)37(49)45-27-13-17-31-35(21-27)48-40(24-9-5-2-6-10-24)32-18-14-28(46-38(50)30-16-12-26(42)20-34(30)44)22-36(32)47-39(31,40)23-7-3-1-4-8-23/h1-22,47-48H,(H,45,49)(H,46,50)/t39-,40-/m0/s1. The van der Waals surface area contributed by atoms with Gasteiger partial charge in [-0.1, -0.05) is 119 Å². The van der Waals surface area contributed by atoms with Crippen molar-refractivity contribution < 1.29 is 9.59 Å². The van der Waals surface area contributed by atoms with Gasteiger partial charge >= 0.3 is 0 Å². The average Bonchev–Trinajstić information content (AvgIpc) is 3.55. The molecule has 8 rings (SSSR count). The number of nitrogens with one attached hydrogen (secondary N) is 4. The van der Waals surface area contributed by atoms with E-state index in [9.17, 15) is 9.59 Å². The van der Waals surface area contributed by atoms with Gasteiger partial charge in [0.2, 0.25) is 0 Å². The quantitative estimate of drug-likeness (QED) is 0.137. The topological polar surface area (TPSA) is 82.3 Å². The number of hydrogen-bond acceptors (Lipinski definition) is 4. The van der Waals surface area contributed by atoms with E-state index in [1.54, 1.807) is 36.4 Å². The molecule has 0 saturated carbocycles. The van der Waals surface area contributed by atoms with Crippen molar-refractivity contribution in [3.8, 4) is 0 Å². The van der Waals surface area contributed by atoms with Crippen LogP contribution in [0.3, 0.4) is 0 Å². The smallest absolute Gasteiger partial charge is 0.257 e. The maximum absolute atomic E-state index is 13.3. The van der Waals surface area contributed by atoms with Gasteiger partial charge in [-0.05, 0) is 71.8 Å². The van der Waals surface area contributed by atoms with Crippen molar-refractivity contribution in [1.29, 1.82) is 0 Å². The first-order chi connectivity index (χ1) is 24.2. The summed E-state index contributed by atoms with van der Waals surface area (Å²) >= 11 is 24.8. The van der Waals surface area contributed by atoms with E-state index in [0.717, 1.165) is 33.6 Å². The van der Waals surface area contributed by atoms with Crippen LogP contribution in [-0.2, 0) is 11.1 Å². The van der Waals surface area contributed by atoms with E-state index in [0.29, 0.717) is 32.5 Å². The van der Waals surface area contributed by atoms with Crippen LogP contribution in [0.15, 0.2) is 133 Å². The molecule has 6 nitrogen and oxygen atoms in total. The molecule has 2 aliphatic rings. The van der Waals surface area contributed by atoms with Gasteiger partial charge in [0, 0.05) is 43.9 Å². The highest BCUT2D eigenvalue weighted by Gasteiger charge is 2.65. The molecule has 0 spiro atoms. The number of amides is 2. The molecular formula is C40H26Cl4N4O2. The Balaban J connectivity index is 1.24. The van der Waals surface area contributed by atoms with E-state index in [1.807, 2.05) is 72.8 Å². The van der Waals surface area contributed by atoms with Gasteiger partial charge in [0.1, 0.15) is 11.1 Å². The highest BCUT2D eigenvalue weighted by atomic mass is 35.5. The van der Waals surface area contributed by atoms with Crippen molar-refractivity contribution in [2.45, 2.75) is 11.1 Å². The van der Waals surface area contributed by atoms with Crippen molar-refractivity contribution >= 4 is 81.0 Å². The summed E-state index contributed by atoms with van der Waals surface area (Å²) in [6.45, 7) is 0. The largest absolute Gasteiger partial charge is 0.369 e. The second-order valence-corrected chi connectivity index (χ2v) is 13.8. The zero-order valence-electron chi connectivity index (χ0n) is 26.0. The van der Waals surface area contributed by atoms with Crippen LogP contribution in [0, 0.1) is 0 Å². The van der Waals surface area contributed by atoms with Crippen LogP contribution in [0.4, 0.5) is 22.7 Å². The van der Waals surface area contributed by atoms with Crippen molar-refractivity contribution in [1.82, 2.24) is 0 Å². The van der Waals surface area contributed by atoms with Crippen LogP contribution in [-0.4, -0.2) is 11.8 Å². The molecule has 50 heavy (non-hydrogen) atoms. The van der Waals surface area contributed by atoms with Gasteiger partial charge in [0.05, 0.1) is 21.2 Å². The lowest BCUT2D eigenvalue weighted by Gasteiger charge is -2.42. The Morgan fingerprint density at radius 1 is 0.480 bits per heavy atom. The van der Waals surface area contributed by atoms with Crippen LogP contribution in [0.1, 0.15) is 43.0 Å². The average molecular weight is 736 g/mol. The maximum atomic E-state index is 13.3. The van der Waals surface area contributed by atoms with Gasteiger partial charge in [-0.3, -0.25) is 9.59 Å². The van der Waals surface area contributed by atoms with E-state index in [4.69, 9.17) is 46.4 Å². The van der Waals surface area contributed by atoms with E-state index in [1.165, 1.54) is 0 Å². The normalized spacial score (nSPS) is 18.2. The Morgan fingerprint density at radius 3 is 1.26 bits per heavy atom. The first-order valence-electron chi connectivity index (χ1n) is 15.7. The number of benzene rings is 6. The molecule has 6 aromatic rings. The summed E-state index contributed by atoms with van der Waals surface area (Å²) in [7, 11) is 0. The summed E-state index contributed by atoms with van der Waals surface area (Å²) in [5.74, 6) is -0.698. The molecule has 0 bridgehead atoms. The highest BCUT2D eigenvalue weighted by molar-refractivity contribution is 6.38. The maximum Gasteiger partial charge on any atom is 0.257 e. The van der Waals surface area contributed by atoms with Crippen LogP contribution in [0.5, 0.6) is 0 Å². The molecular weight excluding hydrogens is 710 g/mol. The number of rotatable bonds is 6. The number of fused-ring (bicyclic) bond motifs is 5. The minimum Gasteiger partial charge on any atom is -0.369 e. The zero-order chi connectivity index (χ0) is 34.6. The molecule has 2 amide bonds. The second-order valence-electron chi connectivity index (χ2n) is 12.2. The van der Waals surface area contributed by atoms with E-state index in [2.05, 4.69) is 45.5 Å². The molecule has 0 saturated heterocycles. The third kappa shape index (κ3) is 5.10. The molecule has 2 aliphatic heterocycles. The minimum absolute atomic E-state index is 0.266. The fourth-order valence-corrected chi connectivity index (χ4v) is 8.23. The molecule has 0 aromatic heterocycles. The van der Waals surface area contributed by atoms with Crippen molar-refractivity contribution in [2.75, 3.05) is 21.3 Å². The summed E-state index contributed by atoms with van der Waals surface area (Å²) in [6, 6.07) is 41.8. The number of halogens is 4. The molecule has 0 aliphatic carbocycles. The Kier molecular flexibility index (Phi) is 8.00. The summed E-state index contributed by atoms with van der Waals surface area (Å²) in [6.07, 6.45) is 0. The lowest BCUT2D eigenvalue weighted by atomic mass is 9.66. The fraction of sp³-hybridized carbons (Fsp3) is 0.0500. The Bertz CT molecular complexity index is 2170. The molecule has 0 fully saturated rings. The second kappa shape index (κ2) is 12.4. The summed E-state index contributed by atoms with van der Waals surface area (Å²) < 4.78 is 0. The van der Waals surface area contributed by atoms with Gasteiger partial charge < -0.3 is 21.3 Å². The van der Waals surface area contributed by atoms with Gasteiger partial charge in [0.15, 0.2) is 0 Å². The molecule has 0 unspecified atom stereocenters. The van der Waals surface area contributed by atoms with Crippen LogP contribution in [0.2, 0.25) is 20.1 Å². The Morgan fingerprint density at radius 2 is 0.880 bits per heavy atom. The van der Waals surface area contributed by atoms with Gasteiger partial charge in [-0.2, -0.15) is 0 Å². The van der Waals surface area contributed by atoms with Crippen LogP contribution < -0.4 is 21.3 Å². The molecule has 6 aromatic carbocycles. The summed E-state index contributed by atoms with van der Waals surface area (Å²) in [5.41, 5.74) is 5.83. The predicted octanol–water partition coefficient (Wildman–Crippen LogP) is 10.8. The Hall–Kier alpha value is -4.98. The molecule has 2 heterocycles. The monoisotopic (exact) mass is 734 g/mol. The summed E-state index contributed by atoms with van der Waals surface area (Å²) in [4.78, 5) is 26.6. The Labute approximate surface area is 308 Å². The van der Waals surface area contributed by atoms with Gasteiger partial charge in [-0.15, -0.1) is 0 Å². The van der Waals surface area contributed by atoms with Crippen molar-refractivity contribution in [2.24, 2.45) is 0 Å². The van der Waals surface area contributed by atoms with Gasteiger partial charge in [-0.25, -0.2) is 0 Å². The SMILES string of the molecule is O=C(Nc1ccc2c(c1)N[C@@]1(c3ccccc3)c3ccc(NC(=O)c4ccc(Cl)cc4Cl)cc3N[C@@]21c1ccccc1)c1ccc(Cl)cc1Cl. The third-order valence-electron chi connectivity index (χ3n) is 9.33. The molecule has 10 heteroatoms. The van der Waals surface area contributed by atoms with E-state index >= 15 is 0 Å². The van der Waals surface area contributed by atoms with E-state index in [-0.39, 0.29) is 21.9 Å². The predicted molar refractivity (Wildman–Crippen MR) is 203 cm³/mol. The zero-order valence-corrected chi connectivity index (χ0v) is 29.1. The van der Waals surface area contributed by atoms with E-state index < -0.39 is 11.1 Å².